The largest absolute Gasteiger partial charge is 0.304 e. The maximum absolute atomic E-state index is 10.8. The predicted octanol–water partition coefficient (Wildman–Crippen LogP) is 1.13. The molecule has 2 rings (SSSR count). The molecule has 0 saturated carbocycles. The van der Waals surface area contributed by atoms with E-state index in [4.69, 9.17) is 12.2 Å². The fraction of sp³-hybridized carbons (Fsp3) is 0.333. The van der Waals surface area contributed by atoms with Gasteiger partial charge in [0.15, 0.2) is 0 Å². The summed E-state index contributed by atoms with van der Waals surface area (Å²) in [6, 6.07) is 0. The van der Waals surface area contributed by atoms with Crippen molar-refractivity contribution in [2.24, 2.45) is 0 Å². The first-order valence-electron chi connectivity index (χ1n) is 2.96. The number of thioether (sulfide) groups is 1. The molecule has 2 heterocycles. The van der Waals surface area contributed by atoms with Crippen LogP contribution in [0.25, 0.3) is 0 Å². The van der Waals surface area contributed by atoms with Crippen molar-refractivity contribution < 1.29 is 4.79 Å². The van der Waals surface area contributed by atoms with Gasteiger partial charge in [0.1, 0.15) is 0 Å². The summed E-state index contributed by atoms with van der Waals surface area (Å²) in [7, 11) is 0. The molecular weight excluding hydrogens is 166 g/mol. The van der Waals surface area contributed by atoms with Crippen LogP contribution in [0.3, 0.4) is 0 Å². The minimum Gasteiger partial charge on any atom is -0.304 e. The van der Waals surface area contributed by atoms with Crippen LogP contribution in [-0.2, 0) is 4.79 Å². The lowest BCUT2D eigenvalue weighted by atomic mass is 10.2. The standard InChI is InChI=1S/C6H5NOS2/c8-5-1-6-7(5)2-4(3-9)10-6/h2-3,6H,1H2/t6-/m0/s1. The summed E-state index contributed by atoms with van der Waals surface area (Å²) in [6.45, 7) is 0. The third kappa shape index (κ3) is 0.722. The van der Waals surface area contributed by atoms with Gasteiger partial charge in [-0.2, -0.15) is 0 Å². The van der Waals surface area contributed by atoms with Gasteiger partial charge in [0.2, 0.25) is 5.91 Å². The number of β-lactam (4-membered cyclic amide) rings is 1. The van der Waals surface area contributed by atoms with Gasteiger partial charge in [-0.1, -0.05) is 24.0 Å². The Kier molecular flexibility index (Phi) is 1.32. The summed E-state index contributed by atoms with van der Waals surface area (Å²) < 4.78 is 0. The first-order chi connectivity index (χ1) is 4.81. The van der Waals surface area contributed by atoms with E-state index in [0.29, 0.717) is 11.8 Å². The average Bonchev–Trinajstić information content (AvgIpc) is 2.26. The molecule has 1 saturated heterocycles. The monoisotopic (exact) mass is 171 g/mol. The molecule has 4 heteroatoms. The van der Waals surface area contributed by atoms with Gasteiger partial charge in [-0.25, -0.2) is 0 Å². The molecule has 0 radical (unpaired) electrons. The maximum Gasteiger partial charge on any atom is 0.230 e. The second kappa shape index (κ2) is 2.07. The van der Waals surface area contributed by atoms with Crippen molar-refractivity contribution in [1.29, 1.82) is 0 Å². The van der Waals surface area contributed by atoms with Crippen LogP contribution in [0.2, 0.25) is 0 Å². The SMILES string of the molecule is O=C1C[C@@H]2SC(C=S)=CN12. The van der Waals surface area contributed by atoms with Crippen molar-refractivity contribution in [2.75, 3.05) is 0 Å². The molecular formula is C6H5NOS2. The van der Waals surface area contributed by atoms with Crippen LogP contribution in [0.1, 0.15) is 6.42 Å². The van der Waals surface area contributed by atoms with Gasteiger partial charge in [0.05, 0.1) is 11.8 Å². The summed E-state index contributed by atoms with van der Waals surface area (Å²) in [5.74, 6) is 0.212. The van der Waals surface area contributed by atoms with E-state index in [1.165, 1.54) is 0 Å². The lowest BCUT2D eigenvalue weighted by molar-refractivity contribution is -0.137. The second-order valence-electron chi connectivity index (χ2n) is 2.23. The molecule has 0 aromatic heterocycles. The molecule has 1 atom stereocenters. The zero-order valence-corrected chi connectivity index (χ0v) is 6.74. The highest BCUT2D eigenvalue weighted by atomic mass is 32.2. The summed E-state index contributed by atoms with van der Waals surface area (Å²) >= 11 is 6.40. The van der Waals surface area contributed by atoms with Gasteiger partial charge in [-0.05, 0) is 0 Å². The van der Waals surface area contributed by atoms with Crippen molar-refractivity contribution in [2.45, 2.75) is 11.8 Å². The van der Waals surface area contributed by atoms with Crippen molar-refractivity contribution in [3.05, 3.63) is 11.1 Å². The van der Waals surface area contributed by atoms with Crippen LogP contribution in [0.4, 0.5) is 0 Å². The summed E-state index contributed by atoms with van der Waals surface area (Å²) in [4.78, 5) is 13.6. The van der Waals surface area contributed by atoms with Gasteiger partial charge >= 0.3 is 0 Å². The smallest absolute Gasteiger partial charge is 0.230 e. The van der Waals surface area contributed by atoms with E-state index in [0.717, 1.165) is 4.91 Å². The number of thiocarbonyl (C=S) groups is 1. The minimum atomic E-state index is 0.212. The Morgan fingerprint density at radius 1 is 1.90 bits per heavy atom. The highest BCUT2D eigenvalue weighted by Gasteiger charge is 2.39. The molecule has 0 bridgehead atoms. The van der Waals surface area contributed by atoms with E-state index < -0.39 is 0 Å². The molecule has 1 fully saturated rings. The number of hydrogen-bond donors (Lipinski definition) is 0. The topological polar surface area (TPSA) is 20.3 Å². The van der Waals surface area contributed by atoms with Crippen molar-refractivity contribution in [3.8, 4) is 0 Å². The molecule has 1 amide bonds. The molecule has 0 N–H and O–H groups in total. The Bertz CT molecular complexity index is 236. The zero-order valence-electron chi connectivity index (χ0n) is 5.11. The number of allylic oxidation sites excluding steroid dienone is 1. The second-order valence-corrected chi connectivity index (χ2v) is 3.71. The van der Waals surface area contributed by atoms with E-state index in [1.807, 2.05) is 6.20 Å². The number of fused-ring (bicyclic) bond motifs is 1. The molecule has 10 heavy (non-hydrogen) atoms. The number of rotatable bonds is 1. The van der Waals surface area contributed by atoms with Crippen LogP contribution in [0, 0.1) is 0 Å². The molecule has 2 nitrogen and oxygen atoms in total. The van der Waals surface area contributed by atoms with Gasteiger partial charge < -0.3 is 4.90 Å². The summed E-state index contributed by atoms with van der Waals surface area (Å²) in [5.41, 5.74) is 0. The Balaban J connectivity index is 2.19. The zero-order chi connectivity index (χ0) is 7.14. The fourth-order valence-corrected chi connectivity index (χ4v) is 2.33. The molecule has 2 aliphatic heterocycles. The van der Waals surface area contributed by atoms with Crippen molar-refractivity contribution in [1.82, 2.24) is 4.90 Å². The first kappa shape index (κ1) is 6.37. The van der Waals surface area contributed by atoms with Crippen LogP contribution < -0.4 is 0 Å². The normalized spacial score (nSPS) is 29.2. The van der Waals surface area contributed by atoms with Gasteiger partial charge in [-0.15, -0.1) is 0 Å². The van der Waals surface area contributed by atoms with E-state index >= 15 is 0 Å². The molecule has 0 spiro atoms. The van der Waals surface area contributed by atoms with Gasteiger partial charge in [0, 0.05) is 16.5 Å². The summed E-state index contributed by atoms with van der Waals surface area (Å²) in [5, 5.41) is 1.98. The van der Waals surface area contributed by atoms with Crippen LogP contribution in [0.15, 0.2) is 11.1 Å². The fourth-order valence-electron chi connectivity index (χ4n) is 1.04. The van der Waals surface area contributed by atoms with E-state index in [2.05, 4.69) is 0 Å². The maximum atomic E-state index is 10.8. The van der Waals surface area contributed by atoms with E-state index in [1.54, 1.807) is 22.0 Å². The molecule has 52 valence electrons. The molecule has 0 aromatic carbocycles. The predicted molar refractivity (Wildman–Crippen MR) is 44.6 cm³/mol. The Hall–Kier alpha value is -0.350. The Morgan fingerprint density at radius 2 is 2.70 bits per heavy atom. The third-order valence-electron chi connectivity index (χ3n) is 1.60. The van der Waals surface area contributed by atoms with E-state index in [-0.39, 0.29) is 5.91 Å². The number of hydrogen-bond acceptors (Lipinski definition) is 3. The average molecular weight is 171 g/mol. The number of nitrogens with zero attached hydrogens (tertiary/aromatic N) is 1. The number of carbonyl (C=O) groups is 1. The van der Waals surface area contributed by atoms with Crippen molar-refractivity contribution in [3.63, 3.8) is 0 Å². The number of carbonyl (C=O) groups excluding carboxylic acids is 1. The third-order valence-corrected chi connectivity index (χ3v) is 3.17. The quantitative estimate of drug-likeness (QED) is 0.436. The molecule has 0 aliphatic carbocycles. The first-order valence-corrected chi connectivity index (χ1v) is 4.31. The number of amides is 1. The van der Waals surface area contributed by atoms with Crippen LogP contribution in [0.5, 0.6) is 0 Å². The summed E-state index contributed by atoms with van der Waals surface area (Å²) in [6.07, 6.45) is 2.50. The van der Waals surface area contributed by atoms with Crippen LogP contribution >= 0.6 is 24.0 Å². The van der Waals surface area contributed by atoms with Crippen molar-refractivity contribution >= 4 is 35.3 Å². The van der Waals surface area contributed by atoms with Gasteiger partial charge in [-0.3, -0.25) is 4.79 Å². The minimum absolute atomic E-state index is 0.212. The molecule has 0 aromatic rings. The Labute approximate surface area is 68.3 Å². The van der Waals surface area contributed by atoms with Crippen LogP contribution in [-0.4, -0.2) is 21.5 Å². The highest BCUT2D eigenvalue weighted by Crippen LogP contribution is 2.40. The molecule has 0 unspecified atom stereocenters. The lowest BCUT2D eigenvalue weighted by Gasteiger charge is -2.31. The van der Waals surface area contributed by atoms with Gasteiger partial charge in [0.25, 0.3) is 0 Å². The van der Waals surface area contributed by atoms with E-state index in [9.17, 15) is 4.79 Å². The lowest BCUT2D eigenvalue weighted by Crippen LogP contribution is -2.44. The molecule has 2 aliphatic rings. The Morgan fingerprint density at radius 3 is 3.20 bits per heavy atom. The highest BCUT2D eigenvalue weighted by molar-refractivity contribution is 8.05.